The molecule has 0 bridgehead atoms. The summed E-state index contributed by atoms with van der Waals surface area (Å²) in [5.41, 5.74) is 1.51. The molecule has 7 rings (SSSR count). The third-order valence-corrected chi connectivity index (χ3v) is 15.6. The van der Waals surface area contributed by atoms with Gasteiger partial charge in [0.05, 0.1) is 81.1 Å². The van der Waals surface area contributed by atoms with Gasteiger partial charge in [-0.1, -0.05) is 43.2 Å². The number of carbonyl (C=O) groups excluding carboxylic acids is 5. The highest BCUT2D eigenvalue weighted by Crippen LogP contribution is 2.35. The van der Waals surface area contributed by atoms with Crippen LogP contribution in [-0.4, -0.2) is 101 Å². The number of carbonyl (C=O) groups is 5. The molecule has 2 aliphatic rings. The smallest absolute Gasteiger partial charge is 0.332 e. The van der Waals surface area contributed by atoms with E-state index in [-0.39, 0.29) is 49.0 Å². The predicted molar refractivity (Wildman–Crippen MR) is 324 cm³/mol. The molecular weight excluding hydrogens is 1110 g/mol. The lowest BCUT2D eigenvalue weighted by Gasteiger charge is -2.28. The minimum absolute atomic E-state index is 0.176. The highest BCUT2D eigenvalue weighted by molar-refractivity contribution is 7.22. The van der Waals surface area contributed by atoms with Crippen LogP contribution >= 0.6 is 11.3 Å². The van der Waals surface area contributed by atoms with Crippen molar-refractivity contribution in [1.29, 1.82) is 0 Å². The van der Waals surface area contributed by atoms with Gasteiger partial charge >= 0.3 is 29.8 Å². The van der Waals surface area contributed by atoms with Crippen molar-refractivity contribution in [3.63, 3.8) is 0 Å². The summed E-state index contributed by atoms with van der Waals surface area (Å²) < 4.78 is 58.1. The van der Waals surface area contributed by atoms with Gasteiger partial charge in [-0.05, 0) is 193 Å². The van der Waals surface area contributed by atoms with Crippen LogP contribution in [0.1, 0.15) is 108 Å². The van der Waals surface area contributed by atoms with Gasteiger partial charge in [0.15, 0.2) is 6.79 Å². The first-order chi connectivity index (χ1) is 41.5. The van der Waals surface area contributed by atoms with Gasteiger partial charge in [-0.2, -0.15) is 5.10 Å². The Bertz CT molecular complexity index is 2910. The van der Waals surface area contributed by atoms with Crippen LogP contribution in [0.25, 0.3) is 10.2 Å². The molecule has 5 aromatic rings. The topological polar surface area (TPSA) is 206 Å². The SMILES string of the molecule is C=CC(=O)OCCCCCCOc1ccc(OC(=O)C2CCC(COc3ccc(OCC4CCC(C(=O)Oc5ccc(OCCCCCCOC(=O)C=C)cc5)CC4)c(/C=N/N(CCOCOC(=O)C=C)c4nc5ccccc5s4)c3)CC2)cc1. The average Bonchev–Trinajstić information content (AvgIpc) is 4.22. The zero-order chi connectivity index (χ0) is 59.9. The van der Waals surface area contributed by atoms with Crippen LogP contribution in [0.3, 0.4) is 0 Å². The van der Waals surface area contributed by atoms with E-state index < -0.39 is 17.9 Å². The van der Waals surface area contributed by atoms with Gasteiger partial charge in [-0.25, -0.2) is 24.4 Å². The second-order valence-corrected chi connectivity index (χ2v) is 21.8. The highest BCUT2D eigenvalue weighted by atomic mass is 32.1. The van der Waals surface area contributed by atoms with Crippen molar-refractivity contribution in [3.05, 3.63) is 135 Å². The molecule has 0 aliphatic heterocycles. The van der Waals surface area contributed by atoms with Crippen LogP contribution < -0.4 is 33.4 Å². The first-order valence-corrected chi connectivity index (χ1v) is 30.3. The van der Waals surface area contributed by atoms with E-state index in [1.807, 2.05) is 42.5 Å². The van der Waals surface area contributed by atoms with Crippen molar-refractivity contribution in [2.75, 3.05) is 64.6 Å². The number of benzene rings is 4. The first-order valence-electron chi connectivity index (χ1n) is 29.5. The summed E-state index contributed by atoms with van der Waals surface area (Å²) in [6.45, 7) is 13.2. The third-order valence-electron chi connectivity index (χ3n) is 14.6. The molecule has 2 saturated carbocycles. The molecule has 0 saturated heterocycles. The highest BCUT2D eigenvalue weighted by Gasteiger charge is 2.30. The number of aromatic nitrogens is 1. The van der Waals surface area contributed by atoms with Crippen LogP contribution in [0, 0.1) is 23.7 Å². The maximum absolute atomic E-state index is 13.3. The molecule has 0 radical (unpaired) electrons. The largest absolute Gasteiger partial charge is 0.494 e. The molecule has 1 aromatic heterocycles. The lowest BCUT2D eigenvalue weighted by atomic mass is 9.82. The van der Waals surface area contributed by atoms with Crippen LogP contribution in [-0.2, 0) is 42.9 Å². The van der Waals surface area contributed by atoms with E-state index in [9.17, 15) is 24.0 Å². The molecule has 2 aliphatic carbocycles. The first kappa shape index (κ1) is 64.5. The van der Waals surface area contributed by atoms with E-state index in [0.29, 0.717) is 117 Å². The van der Waals surface area contributed by atoms with E-state index in [2.05, 4.69) is 19.7 Å². The molecule has 2 fully saturated rings. The third kappa shape index (κ3) is 22.8. The fourth-order valence-electron chi connectivity index (χ4n) is 9.64. The summed E-state index contributed by atoms with van der Waals surface area (Å²) in [4.78, 5) is 65.4. The summed E-state index contributed by atoms with van der Waals surface area (Å²) in [6, 6.07) is 27.8. The second kappa shape index (κ2) is 36.0. The van der Waals surface area contributed by atoms with Crippen LogP contribution in [0.15, 0.2) is 134 Å². The molecule has 85 heavy (non-hydrogen) atoms. The van der Waals surface area contributed by atoms with E-state index in [4.69, 9.17) is 57.5 Å². The minimum Gasteiger partial charge on any atom is -0.494 e. The molecule has 454 valence electrons. The quantitative estimate of drug-likeness (QED) is 0.00530. The van der Waals surface area contributed by atoms with E-state index in [1.54, 1.807) is 59.8 Å². The van der Waals surface area contributed by atoms with Crippen molar-refractivity contribution in [3.8, 4) is 34.5 Å². The lowest BCUT2D eigenvalue weighted by Crippen LogP contribution is -2.28. The van der Waals surface area contributed by atoms with Crippen molar-refractivity contribution < 1.29 is 71.3 Å². The summed E-state index contributed by atoms with van der Waals surface area (Å²) in [5.74, 6) is 1.73. The molecule has 0 unspecified atom stereocenters. The Labute approximate surface area is 502 Å². The molecule has 0 N–H and O–H groups in total. The zero-order valence-corrected chi connectivity index (χ0v) is 49.3. The lowest BCUT2D eigenvalue weighted by molar-refractivity contribution is -0.150. The number of hydrogen-bond donors (Lipinski definition) is 0. The van der Waals surface area contributed by atoms with Gasteiger partial charge in [0.1, 0.15) is 34.5 Å². The molecule has 0 atom stereocenters. The fourth-order valence-corrected chi connectivity index (χ4v) is 10.6. The van der Waals surface area contributed by atoms with Crippen molar-refractivity contribution in [2.24, 2.45) is 28.8 Å². The number of hydrazone groups is 1. The normalized spacial score (nSPS) is 16.6. The fraction of sp³-hybridized carbons (Fsp3) is 0.439. The van der Waals surface area contributed by atoms with Crippen LogP contribution in [0.4, 0.5) is 5.13 Å². The van der Waals surface area contributed by atoms with E-state index >= 15 is 0 Å². The Morgan fingerprint density at radius 3 is 1.54 bits per heavy atom. The van der Waals surface area contributed by atoms with Crippen LogP contribution in [0.5, 0.6) is 34.5 Å². The Balaban J connectivity index is 0.897. The monoisotopic (exact) mass is 1190 g/mol. The summed E-state index contributed by atoms with van der Waals surface area (Å²) >= 11 is 1.49. The number of anilines is 1. The van der Waals surface area contributed by atoms with Gasteiger partial charge < -0.3 is 47.4 Å². The Morgan fingerprint density at radius 2 is 1.01 bits per heavy atom. The Morgan fingerprint density at radius 1 is 0.529 bits per heavy atom. The average molecular weight is 1190 g/mol. The minimum atomic E-state index is -0.583. The Kier molecular flexibility index (Phi) is 27.3. The molecular formula is C66H79N3O15S. The summed E-state index contributed by atoms with van der Waals surface area (Å²) in [5, 5.41) is 7.32. The predicted octanol–water partition coefficient (Wildman–Crippen LogP) is 12.8. The van der Waals surface area contributed by atoms with Gasteiger partial charge in [0.25, 0.3) is 0 Å². The standard InChI is InChI=1S/C66H79N3O15S/c1-4-61(70)78-40-15-9-7-13-38-76-53-27-31-55(32-28-53)83-64(73)50-23-19-48(20-24-50)45-80-57-35-36-59(52(43-57)44-67-69(37-42-75-47-82-63(72)6-3)66-68-58-17-11-12-18-60(58)85-66)81-46-49-21-25-51(26-22-49)65(74)84-56-33-29-54(30-34-56)77-39-14-8-10-16-41-79-62(71)5-2/h4-6,11-12,17-18,27-36,43-44,48-51H,1-3,7-10,13-16,19-26,37-42,45-47H2/b67-44+. The maximum atomic E-state index is 13.3. The second-order valence-electron chi connectivity index (χ2n) is 20.8. The van der Waals surface area contributed by atoms with Crippen molar-refractivity contribution >= 4 is 62.7 Å². The molecule has 18 nitrogen and oxygen atoms in total. The van der Waals surface area contributed by atoms with Crippen LogP contribution in [0.2, 0.25) is 0 Å². The number of para-hydroxylation sites is 1. The van der Waals surface area contributed by atoms with Gasteiger partial charge in [0.2, 0.25) is 5.13 Å². The number of rotatable bonds is 37. The zero-order valence-electron chi connectivity index (χ0n) is 48.5. The summed E-state index contributed by atoms with van der Waals surface area (Å²) in [7, 11) is 0. The number of thiazole rings is 1. The van der Waals surface area contributed by atoms with Gasteiger partial charge in [-0.3, -0.25) is 9.59 Å². The number of hydrogen-bond acceptors (Lipinski definition) is 19. The number of esters is 5. The Hall–Kier alpha value is -8.03. The molecule has 0 amide bonds. The van der Waals surface area contributed by atoms with Crippen molar-refractivity contribution in [1.82, 2.24) is 4.98 Å². The van der Waals surface area contributed by atoms with Gasteiger partial charge in [0, 0.05) is 23.8 Å². The van der Waals surface area contributed by atoms with Gasteiger partial charge in [-0.15, -0.1) is 0 Å². The number of fused-ring (bicyclic) bond motifs is 1. The number of unbranched alkanes of at least 4 members (excludes halogenated alkanes) is 6. The molecule has 4 aromatic carbocycles. The number of ether oxygens (including phenoxy) is 10. The van der Waals surface area contributed by atoms with E-state index in [1.165, 1.54) is 11.3 Å². The molecule has 0 spiro atoms. The van der Waals surface area contributed by atoms with E-state index in [0.717, 1.165) is 105 Å². The summed E-state index contributed by atoms with van der Waals surface area (Å²) in [6.07, 6.45) is 18.1. The molecule has 19 heteroatoms. The molecule has 1 heterocycles. The maximum Gasteiger partial charge on any atom is 0.332 e. The van der Waals surface area contributed by atoms with Crippen molar-refractivity contribution in [2.45, 2.75) is 103 Å². The number of nitrogens with zero attached hydrogens (tertiary/aromatic N) is 3.